The van der Waals surface area contributed by atoms with E-state index < -0.39 is 5.91 Å². The van der Waals surface area contributed by atoms with Gasteiger partial charge in [0, 0.05) is 17.0 Å². The molecule has 1 amide bonds. The normalized spacial score (nSPS) is 10.7. The van der Waals surface area contributed by atoms with Crippen molar-refractivity contribution in [2.24, 2.45) is 5.10 Å². The number of nitrogens with one attached hydrogen (secondary N) is 1. The Labute approximate surface area is 127 Å². The van der Waals surface area contributed by atoms with Crippen LogP contribution in [-0.2, 0) is 0 Å². The van der Waals surface area contributed by atoms with Gasteiger partial charge in [-0.15, -0.1) is 0 Å². The van der Waals surface area contributed by atoms with Gasteiger partial charge in [0.1, 0.15) is 0 Å². The number of methoxy groups -OCH3 is 1. The van der Waals surface area contributed by atoms with Gasteiger partial charge in [0.05, 0.1) is 13.3 Å². The molecule has 1 aromatic heterocycles. The zero-order valence-electron chi connectivity index (χ0n) is 12.5. The smallest absolute Gasteiger partial charge is 0.309 e. The third kappa shape index (κ3) is 3.57. The lowest BCUT2D eigenvalue weighted by Crippen LogP contribution is -2.21. The van der Waals surface area contributed by atoms with E-state index in [0.29, 0.717) is 22.7 Å². The second-order valence-electron chi connectivity index (χ2n) is 4.57. The van der Waals surface area contributed by atoms with Gasteiger partial charge in [-0.25, -0.2) is 15.4 Å². The number of amides is 1. The van der Waals surface area contributed by atoms with E-state index in [1.165, 1.54) is 13.3 Å². The summed E-state index contributed by atoms with van der Waals surface area (Å²) in [5, 5.41) is 13.7. The summed E-state index contributed by atoms with van der Waals surface area (Å²) >= 11 is 0. The first kappa shape index (κ1) is 15.4. The van der Waals surface area contributed by atoms with E-state index >= 15 is 0 Å². The monoisotopic (exact) mass is 300 g/mol. The number of hydrogen-bond donors (Lipinski definition) is 2. The van der Waals surface area contributed by atoms with Gasteiger partial charge in [0.2, 0.25) is 5.82 Å². The van der Waals surface area contributed by atoms with Crippen molar-refractivity contribution in [3.05, 3.63) is 47.0 Å². The molecule has 114 valence electrons. The van der Waals surface area contributed by atoms with Crippen molar-refractivity contribution in [3.8, 4) is 11.5 Å². The van der Waals surface area contributed by atoms with Crippen molar-refractivity contribution in [2.75, 3.05) is 7.11 Å². The predicted molar refractivity (Wildman–Crippen MR) is 81.2 cm³/mol. The maximum Gasteiger partial charge on any atom is 0.309 e. The fourth-order valence-electron chi connectivity index (χ4n) is 1.85. The molecule has 0 aliphatic heterocycles. The Morgan fingerprint density at radius 1 is 1.32 bits per heavy atom. The largest absolute Gasteiger partial charge is 0.504 e. The summed E-state index contributed by atoms with van der Waals surface area (Å²) in [4.78, 5) is 20.0. The summed E-state index contributed by atoms with van der Waals surface area (Å²) < 4.78 is 4.99. The molecule has 7 heteroatoms. The van der Waals surface area contributed by atoms with Gasteiger partial charge in [0.15, 0.2) is 11.5 Å². The lowest BCUT2D eigenvalue weighted by atomic mass is 10.2. The van der Waals surface area contributed by atoms with Gasteiger partial charge in [-0.3, -0.25) is 4.79 Å². The van der Waals surface area contributed by atoms with Crippen LogP contribution in [0.1, 0.15) is 27.6 Å². The first-order valence-electron chi connectivity index (χ1n) is 6.53. The average Bonchev–Trinajstić information content (AvgIpc) is 2.48. The SMILES string of the molecule is COc1cccc(/C=N/NC(=O)c2nc(C)cc(C)n2)c1O. The molecular formula is C15H16N4O3. The molecule has 0 saturated heterocycles. The molecule has 2 rings (SSSR count). The van der Waals surface area contributed by atoms with Crippen molar-refractivity contribution in [1.82, 2.24) is 15.4 Å². The number of hydrazone groups is 1. The van der Waals surface area contributed by atoms with Crippen LogP contribution in [0.25, 0.3) is 0 Å². The number of para-hydroxylation sites is 1. The second kappa shape index (κ2) is 6.66. The van der Waals surface area contributed by atoms with Crippen LogP contribution in [0.2, 0.25) is 0 Å². The Morgan fingerprint density at radius 3 is 2.64 bits per heavy atom. The minimum atomic E-state index is -0.523. The Hall–Kier alpha value is -2.96. The van der Waals surface area contributed by atoms with E-state index in [1.54, 1.807) is 38.1 Å². The molecule has 0 radical (unpaired) electrons. The van der Waals surface area contributed by atoms with Crippen LogP contribution in [0.3, 0.4) is 0 Å². The second-order valence-corrected chi connectivity index (χ2v) is 4.57. The molecule has 22 heavy (non-hydrogen) atoms. The van der Waals surface area contributed by atoms with Crippen molar-refractivity contribution in [2.45, 2.75) is 13.8 Å². The minimum absolute atomic E-state index is 0.0458. The zero-order chi connectivity index (χ0) is 16.1. The maximum absolute atomic E-state index is 11.9. The molecule has 7 nitrogen and oxygen atoms in total. The fourth-order valence-corrected chi connectivity index (χ4v) is 1.85. The van der Waals surface area contributed by atoms with E-state index in [0.717, 1.165) is 0 Å². The van der Waals surface area contributed by atoms with Gasteiger partial charge < -0.3 is 9.84 Å². The Morgan fingerprint density at radius 2 is 2.00 bits per heavy atom. The Balaban J connectivity index is 2.11. The third-order valence-electron chi connectivity index (χ3n) is 2.81. The number of aromatic nitrogens is 2. The summed E-state index contributed by atoms with van der Waals surface area (Å²) in [7, 11) is 1.45. The van der Waals surface area contributed by atoms with E-state index in [1.807, 2.05) is 0 Å². The standard InChI is InChI=1S/C15H16N4O3/c1-9-7-10(2)18-14(17-9)15(21)19-16-8-11-5-4-6-12(22-3)13(11)20/h4-8,20H,1-3H3,(H,19,21)/b16-8+. The minimum Gasteiger partial charge on any atom is -0.504 e. The number of benzene rings is 1. The number of hydrogen-bond acceptors (Lipinski definition) is 6. The first-order chi connectivity index (χ1) is 10.5. The lowest BCUT2D eigenvalue weighted by Gasteiger charge is -2.05. The van der Waals surface area contributed by atoms with E-state index in [4.69, 9.17) is 4.74 Å². The van der Waals surface area contributed by atoms with Crippen LogP contribution in [0.15, 0.2) is 29.4 Å². The van der Waals surface area contributed by atoms with E-state index in [-0.39, 0.29) is 11.6 Å². The highest BCUT2D eigenvalue weighted by molar-refractivity contribution is 5.92. The number of rotatable bonds is 4. The molecule has 0 unspecified atom stereocenters. The number of carbonyl (C=O) groups excluding carboxylic acids is 1. The number of phenols is 1. The van der Waals surface area contributed by atoms with Crippen LogP contribution in [0.5, 0.6) is 11.5 Å². The van der Waals surface area contributed by atoms with Crippen molar-refractivity contribution in [3.63, 3.8) is 0 Å². The highest BCUT2D eigenvalue weighted by atomic mass is 16.5. The summed E-state index contributed by atoms with van der Waals surface area (Å²) in [6, 6.07) is 6.73. The highest BCUT2D eigenvalue weighted by Crippen LogP contribution is 2.27. The molecule has 1 aromatic carbocycles. The molecule has 0 saturated carbocycles. The number of aryl methyl sites for hydroxylation is 2. The van der Waals surface area contributed by atoms with E-state index in [2.05, 4.69) is 20.5 Å². The van der Waals surface area contributed by atoms with Gasteiger partial charge in [-0.1, -0.05) is 6.07 Å². The van der Waals surface area contributed by atoms with Crippen LogP contribution in [-0.4, -0.2) is 34.3 Å². The quantitative estimate of drug-likeness (QED) is 0.660. The highest BCUT2D eigenvalue weighted by Gasteiger charge is 2.09. The summed E-state index contributed by atoms with van der Waals surface area (Å²) in [6.45, 7) is 3.56. The van der Waals surface area contributed by atoms with Crippen molar-refractivity contribution >= 4 is 12.1 Å². The summed E-state index contributed by atoms with van der Waals surface area (Å²) in [5.41, 5.74) is 4.14. The predicted octanol–water partition coefficient (Wildman–Crippen LogP) is 1.57. The molecule has 1 heterocycles. The van der Waals surface area contributed by atoms with Gasteiger partial charge in [0.25, 0.3) is 0 Å². The number of aromatic hydroxyl groups is 1. The van der Waals surface area contributed by atoms with Crippen molar-refractivity contribution < 1.29 is 14.6 Å². The number of phenolic OH excluding ortho intramolecular Hbond substituents is 1. The van der Waals surface area contributed by atoms with Gasteiger partial charge in [-0.05, 0) is 32.0 Å². The topological polar surface area (TPSA) is 96.7 Å². The van der Waals surface area contributed by atoms with Crippen LogP contribution >= 0.6 is 0 Å². The zero-order valence-corrected chi connectivity index (χ0v) is 12.5. The molecule has 2 N–H and O–H groups in total. The molecule has 0 fully saturated rings. The van der Waals surface area contributed by atoms with Crippen LogP contribution in [0, 0.1) is 13.8 Å². The number of nitrogens with zero attached hydrogens (tertiary/aromatic N) is 3. The molecule has 0 aliphatic carbocycles. The Kier molecular flexibility index (Phi) is 4.67. The Bertz CT molecular complexity index is 708. The van der Waals surface area contributed by atoms with E-state index in [9.17, 15) is 9.90 Å². The van der Waals surface area contributed by atoms with Gasteiger partial charge in [-0.2, -0.15) is 5.10 Å². The third-order valence-corrected chi connectivity index (χ3v) is 2.81. The number of carbonyl (C=O) groups is 1. The average molecular weight is 300 g/mol. The molecule has 0 spiro atoms. The molecule has 0 atom stereocenters. The van der Waals surface area contributed by atoms with Crippen LogP contribution in [0.4, 0.5) is 0 Å². The van der Waals surface area contributed by atoms with Crippen LogP contribution < -0.4 is 10.2 Å². The molecule has 0 aliphatic rings. The fraction of sp³-hybridized carbons (Fsp3) is 0.200. The van der Waals surface area contributed by atoms with Crippen molar-refractivity contribution in [1.29, 1.82) is 0 Å². The number of ether oxygens (including phenoxy) is 1. The molecule has 0 bridgehead atoms. The van der Waals surface area contributed by atoms with Gasteiger partial charge >= 0.3 is 5.91 Å². The first-order valence-corrected chi connectivity index (χ1v) is 6.53. The summed E-state index contributed by atoms with van der Waals surface area (Å²) in [5.74, 6) is -0.200. The maximum atomic E-state index is 11.9. The molecule has 2 aromatic rings. The lowest BCUT2D eigenvalue weighted by molar-refractivity contribution is 0.0944. The molecular weight excluding hydrogens is 284 g/mol. The summed E-state index contributed by atoms with van der Waals surface area (Å²) in [6.07, 6.45) is 1.32.